The molecule has 0 bridgehead atoms. The summed E-state index contributed by atoms with van der Waals surface area (Å²) < 4.78 is 20.1. The predicted molar refractivity (Wildman–Crippen MR) is 95.8 cm³/mol. The van der Waals surface area contributed by atoms with Gasteiger partial charge in [0.1, 0.15) is 4.75 Å². The maximum Gasteiger partial charge on any atom is 0.338 e. The second-order valence-corrected chi connectivity index (χ2v) is 9.03. The van der Waals surface area contributed by atoms with Gasteiger partial charge in [-0.25, -0.2) is 4.79 Å². The fourth-order valence-electron chi connectivity index (χ4n) is 2.20. The molecule has 130 valence electrons. The average molecular weight is 340 g/mol. The van der Waals surface area contributed by atoms with Crippen molar-refractivity contribution in [2.24, 2.45) is 5.92 Å². The Morgan fingerprint density at radius 1 is 1.30 bits per heavy atom. The molecule has 0 radical (unpaired) electrons. The molecule has 0 amide bonds. The minimum atomic E-state index is -1.10. The van der Waals surface area contributed by atoms with Gasteiger partial charge in [-0.05, 0) is 51.2 Å². The summed E-state index contributed by atoms with van der Waals surface area (Å²) in [5.74, 6) is 0.0412. The lowest BCUT2D eigenvalue weighted by Gasteiger charge is -2.29. The van der Waals surface area contributed by atoms with E-state index in [1.54, 1.807) is 6.07 Å². The van der Waals surface area contributed by atoms with Crippen LogP contribution in [0.1, 0.15) is 57.0 Å². The largest absolute Gasteiger partial charge is 0.598 e. The van der Waals surface area contributed by atoms with E-state index in [9.17, 15) is 9.35 Å². The van der Waals surface area contributed by atoms with Gasteiger partial charge in [0.05, 0.1) is 18.7 Å². The highest BCUT2D eigenvalue weighted by Gasteiger charge is 2.30. The normalized spacial score (nSPS) is 14.6. The first-order valence-electron chi connectivity index (χ1n) is 8.01. The summed E-state index contributed by atoms with van der Waals surface area (Å²) >= 11 is -1.10. The number of aryl methyl sites for hydroxylation is 1. The fraction of sp³-hybridized carbons (Fsp3) is 0.611. The quantitative estimate of drug-likeness (QED) is 0.610. The number of carbonyl (C=O) groups is 1. The molecule has 0 aliphatic heterocycles. The van der Waals surface area contributed by atoms with Gasteiger partial charge in [0.2, 0.25) is 0 Å². The van der Waals surface area contributed by atoms with Crippen LogP contribution >= 0.6 is 0 Å². The SMILES string of the molecule is COC(=O)c1ccccc1CCC(N[S@+]([O-])C(C)(C)C)C(C)C. The molecule has 1 aromatic rings. The van der Waals surface area contributed by atoms with E-state index in [0.717, 1.165) is 18.4 Å². The van der Waals surface area contributed by atoms with Crippen LogP contribution in [0.4, 0.5) is 0 Å². The van der Waals surface area contributed by atoms with E-state index in [0.29, 0.717) is 11.5 Å². The van der Waals surface area contributed by atoms with Crippen LogP contribution in [-0.4, -0.2) is 28.4 Å². The lowest BCUT2D eigenvalue weighted by atomic mass is 9.95. The van der Waals surface area contributed by atoms with Crippen LogP contribution in [0.3, 0.4) is 0 Å². The molecule has 0 aliphatic rings. The zero-order valence-electron chi connectivity index (χ0n) is 15.0. The topological polar surface area (TPSA) is 61.4 Å². The van der Waals surface area contributed by atoms with E-state index in [1.165, 1.54) is 7.11 Å². The lowest BCUT2D eigenvalue weighted by Crippen LogP contribution is -2.46. The molecule has 0 saturated heterocycles. The van der Waals surface area contributed by atoms with Gasteiger partial charge in [-0.1, -0.05) is 32.0 Å². The van der Waals surface area contributed by atoms with E-state index in [-0.39, 0.29) is 16.8 Å². The van der Waals surface area contributed by atoms with Crippen LogP contribution in [0.25, 0.3) is 0 Å². The number of ether oxygens (including phenoxy) is 1. The number of carbonyl (C=O) groups excluding carboxylic acids is 1. The molecular weight excluding hydrogens is 310 g/mol. The number of nitrogens with one attached hydrogen (secondary N) is 1. The van der Waals surface area contributed by atoms with Gasteiger partial charge >= 0.3 is 5.97 Å². The highest BCUT2D eigenvalue weighted by atomic mass is 32.2. The highest BCUT2D eigenvalue weighted by molar-refractivity contribution is 7.90. The first-order chi connectivity index (χ1) is 10.7. The average Bonchev–Trinajstić information content (AvgIpc) is 2.49. The molecule has 4 nitrogen and oxygen atoms in total. The molecule has 2 atom stereocenters. The maximum atomic E-state index is 12.3. The molecule has 23 heavy (non-hydrogen) atoms. The summed E-state index contributed by atoms with van der Waals surface area (Å²) in [6.07, 6.45) is 1.55. The minimum Gasteiger partial charge on any atom is -0.598 e. The molecule has 5 heteroatoms. The summed E-state index contributed by atoms with van der Waals surface area (Å²) in [5.41, 5.74) is 1.57. The fourth-order valence-corrected chi connectivity index (χ4v) is 3.22. The number of methoxy groups -OCH3 is 1. The van der Waals surface area contributed by atoms with Crippen LogP contribution in [0.15, 0.2) is 24.3 Å². The lowest BCUT2D eigenvalue weighted by molar-refractivity contribution is 0.0599. The van der Waals surface area contributed by atoms with Gasteiger partial charge in [0.25, 0.3) is 0 Å². The Kier molecular flexibility index (Phi) is 7.58. The first kappa shape index (κ1) is 20.0. The summed E-state index contributed by atoms with van der Waals surface area (Å²) in [7, 11) is 1.39. The number of esters is 1. The number of hydrogen-bond acceptors (Lipinski definition) is 4. The molecule has 0 spiro atoms. The van der Waals surface area contributed by atoms with E-state index in [1.807, 2.05) is 39.0 Å². The monoisotopic (exact) mass is 339 g/mol. The van der Waals surface area contributed by atoms with Crippen LogP contribution in [0, 0.1) is 5.92 Å². The van der Waals surface area contributed by atoms with E-state index < -0.39 is 11.4 Å². The molecule has 1 aromatic carbocycles. The molecule has 0 saturated carbocycles. The summed E-state index contributed by atoms with van der Waals surface area (Å²) in [6.45, 7) is 10.1. The third-order valence-electron chi connectivity index (χ3n) is 3.77. The molecular formula is C18H29NO3S. The second-order valence-electron chi connectivity index (χ2n) is 7.04. The minimum absolute atomic E-state index is 0.126. The first-order valence-corrected chi connectivity index (χ1v) is 9.16. The summed E-state index contributed by atoms with van der Waals surface area (Å²) in [4.78, 5) is 11.8. The third-order valence-corrected chi connectivity index (χ3v) is 5.40. The van der Waals surface area contributed by atoms with Crippen LogP contribution < -0.4 is 4.72 Å². The van der Waals surface area contributed by atoms with Crippen molar-refractivity contribution in [2.75, 3.05) is 7.11 Å². The molecule has 1 rings (SSSR count). The van der Waals surface area contributed by atoms with E-state index in [4.69, 9.17) is 4.74 Å². The standard InChI is InChI=1S/C18H29NO3S/c1-13(2)16(19-23(21)18(3,4)5)12-11-14-9-7-8-10-15(14)17(20)22-6/h7-10,13,16,19H,11-12H2,1-6H3/t16?,23-/m1/s1. The van der Waals surface area contributed by atoms with E-state index in [2.05, 4.69) is 18.6 Å². The van der Waals surface area contributed by atoms with Crippen molar-refractivity contribution >= 4 is 17.3 Å². The van der Waals surface area contributed by atoms with Crippen LogP contribution in [0.5, 0.6) is 0 Å². The van der Waals surface area contributed by atoms with Crippen molar-refractivity contribution < 1.29 is 14.1 Å². The number of rotatable bonds is 7. The molecule has 0 aromatic heterocycles. The van der Waals surface area contributed by atoms with Gasteiger partial charge in [-0.2, -0.15) is 0 Å². The molecule has 1 unspecified atom stereocenters. The summed E-state index contributed by atoms with van der Waals surface area (Å²) in [5, 5.41) is 0. The van der Waals surface area contributed by atoms with Gasteiger partial charge in [0.15, 0.2) is 0 Å². The second kappa shape index (κ2) is 8.71. The van der Waals surface area contributed by atoms with Crippen LogP contribution in [-0.2, 0) is 22.5 Å². The van der Waals surface area contributed by atoms with Gasteiger partial charge in [0, 0.05) is 11.4 Å². The molecule has 0 fully saturated rings. The van der Waals surface area contributed by atoms with Crippen molar-refractivity contribution in [1.82, 2.24) is 4.72 Å². The van der Waals surface area contributed by atoms with Gasteiger partial charge in [-0.3, -0.25) is 0 Å². The smallest absolute Gasteiger partial charge is 0.338 e. The Balaban J connectivity index is 2.79. The molecule has 0 aliphatic carbocycles. The van der Waals surface area contributed by atoms with Crippen LogP contribution in [0.2, 0.25) is 0 Å². The number of benzene rings is 1. The van der Waals surface area contributed by atoms with Gasteiger partial charge in [-0.15, -0.1) is 4.72 Å². The Morgan fingerprint density at radius 2 is 1.91 bits per heavy atom. The zero-order valence-corrected chi connectivity index (χ0v) is 15.8. The van der Waals surface area contributed by atoms with Crippen molar-refractivity contribution in [2.45, 2.75) is 58.2 Å². The van der Waals surface area contributed by atoms with Crippen molar-refractivity contribution in [3.05, 3.63) is 35.4 Å². The van der Waals surface area contributed by atoms with Crippen molar-refractivity contribution in [1.29, 1.82) is 0 Å². The Hall–Kier alpha value is -1.04. The Bertz CT molecular complexity index is 511. The maximum absolute atomic E-state index is 12.3. The van der Waals surface area contributed by atoms with Crippen molar-refractivity contribution in [3.8, 4) is 0 Å². The Labute approximate surface area is 143 Å². The van der Waals surface area contributed by atoms with E-state index >= 15 is 0 Å². The summed E-state index contributed by atoms with van der Waals surface area (Å²) in [6, 6.07) is 7.62. The third kappa shape index (κ3) is 6.16. The predicted octanol–water partition coefficient (Wildman–Crippen LogP) is 3.48. The zero-order chi connectivity index (χ0) is 17.6. The molecule has 0 heterocycles. The van der Waals surface area contributed by atoms with Gasteiger partial charge < -0.3 is 9.29 Å². The van der Waals surface area contributed by atoms with Crippen molar-refractivity contribution in [3.63, 3.8) is 0 Å². The number of hydrogen-bond donors (Lipinski definition) is 1. The molecule has 1 N–H and O–H groups in total. The highest BCUT2D eigenvalue weighted by Crippen LogP contribution is 2.20. The Morgan fingerprint density at radius 3 is 2.43 bits per heavy atom.